The number of benzene rings is 1. The van der Waals surface area contributed by atoms with E-state index in [1.165, 1.54) is 11.3 Å². The minimum absolute atomic E-state index is 0.206. The molecule has 0 aliphatic heterocycles. The van der Waals surface area contributed by atoms with Crippen LogP contribution in [-0.4, -0.2) is 22.2 Å². The predicted molar refractivity (Wildman–Crippen MR) is 74.4 cm³/mol. The lowest BCUT2D eigenvalue weighted by Gasteiger charge is -2.16. The maximum absolute atomic E-state index is 12.1. The van der Waals surface area contributed by atoms with Crippen molar-refractivity contribution in [3.63, 3.8) is 0 Å². The quantitative estimate of drug-likeness (QED) is 0.912. The predicted octanol–water partition coefficient (Wildman–Crippen LogP) is 2.64. The summed E-state index contributed by atoms with van der Waals surface area (Å²) in [5.41, 5.74) is 0. The Morgan fingerprint density at radius 1 is 1.37 bits per heavy atom. The standard InChI is InChI=1S/C13H15N3O2S/c1-3-11(18-10-7-5-4-6-8-10)12(17)14-13-16-15-9(2)19-13/h4-8,11H,3H2,1-2H3,(H,14,16,17)/t11-/m0/s1. The minimum atomic E-state index is -0.536. The molecule has 0 saturated carbocycles. The molecule has 1 N–H and O–H groups in total. The second kappa shape index (κ2) is 6.29. The molecule has 0 aliphatic rings. The number of amides is 1. The van der Waals surface area contributed by atoms with E-state index in [0.717, 1.165) is 5.01 Å². The van der Waals surface area contributed by atoms with Crippen LogP contribution in [0.4, 0.5) is 5.13 Å². The Morgan fingerprint density at radius 2 is 2.11 bits per heavy atom. The molecule has 0 saturated heterocycles. The van der Waals surface area contributed by atoms with E-state index in [-0.39, 0.29) is 5.91 Å². The summed E-state index contributed by atoms with van der Waals surface area (Å²) in [6.07, 6.45) is 0.0463. The number of ether oxygens (including phenoxy) is 1. The molecule has 19 heavy (non-hydrogen) atoms. The number of carbonyl (C=O) groups excluding carboxylic acids is 1. The van der Waals surface area contributed by atoms with E-state index in [1.54, 1.807) is 0 Å². The first-order valence-electron chi connectivity index (χ1n) is 6.01. The van der Waals surface area contributed by atoms with Gasteiger partial charge in [-0.05, 0) is 25.5 Å². The number of hydrogen-bond acceptors (Lipinski definition) is 5. The fraction of sp³-hybridized carbons (Fsp3) is 0.308. The van der Waals surface area contributed by atoms with Crippen LogP contribution in [0.1, 0.15) is 18.4 Å². The van der Waals surface area contributed by atoms with Gasteiger partial charge in [0.25, 0.3) is 5.91 Å². The maximum atomic E-state index is 12.1. The van der Waals surface area contributed by atoms with E-state index in [2.05, 4.69) is 15.5 Å². The van der Waals surface area contributed by atoms with Gasteiger partial charge in [-0.25, -0.2) is 0 Å². The molecule has 1 aromatic carbocycles. The number of carbonyl (C=O) groups is 1. The zero-order chi connectivity index (χ0) is 13.7. The number of nitrogens with zero attached hydrogens (tertiary/aromatic N) is 2. The zero-order valence-electron chi connectivity index (χ0n) is 10.8. The zero-order valence-corrected chi connectivity index (χ0v) is 11.6. The third-order valence-corrected chi connectivity index (χ3v) is 3.20. The molecule has 0 radical (unpaired) electrons. The smallest absolute Gasteiger partial charge is 0.267 e. The highest BCUT2D eigenvalue weighted by molar-refractivity contribution is 7.15. The minimum Gasteiger partial charge on any atom is -0.481 e. The van der Waals surface area contributed by atoms with Gasteiger partial charge in [-0.2, -0.15) is 0 Å². The summed E-state index contributed by atoms with van der Waals surface area (Å²) in [6.45, 7) is 3.74. The normalized spacial score (nSPS) is 11.9. The molecule has 0 bridgehead atoms. The molecule has 1 aromatic heterocycles. The van der Waals surface area contributed by atoms with Crippen LogP contribution < -0.4 is 10.1 Å². The monoisotopic (exact) mass is 277 g/mol. The Hall–Kier alpha value is -1.95. The van der Waals surface area contributed by atoms with E-state index in [1.807, 2.05) is 44.2 Å². The van der Waals surface area contributed by atoms with E-state index < -0.39 is 6.10 Å². The highest BCUT2D eigenvalue weighted by Crippen LogP contribution is 2.16. The first kappa shape index (κ1) is 13.5. The molecule has 2 aromatic rings. The third-order valence-electron chi connectivity index (χ3n) is 2.44. The van der Waals surface area contributed by atoms with Crippen LogP contribution in [0.5, 0.6) is 5.75 Å². The Morgan fingerprint density at radius 3 is 2.68 bits per heavy atom. The molecule has 1 atom stereocenters. The fourth-order valence-corrected chi connectivity index (χ4v) is 2.11. The second-order valence-electron chi connectivity index (χ2n) is 3.94. The average Bonchev–Trinajstić information content (AvgIpc) is 2.82. The topological polar surface area (TPSA) is 64.1 Å². The summed E-state index contributed by atoms with van der Waals surface area (Å²) in [6, 6.07) is 9.29. The van der Waals surface area contributed by atoms with Crippen LogP contribution in [-0.2, 0) is 4.79 Å². The van der Waals surface area contributed by atoms with Crippen molar-refractivity contribution in [2.45, 2.75) is 26.4 Å². The van der Waals surface area contributed by atoms with Crippen molar-refractivity contribution in [1.29, 1.82) is 0 Å². The number of nitrogens with one attached hydrogen (secondary N) is 1. The maximum Gasteiger partial charge on any atom is 0.267 e. The van der Waals surface area contributed by atoms with Crippen LogP contribution >= 0.6 is 11.3 Å². The number of para-hydroxylation sites is 1. The van der Waals surface area contributed by atoms with Gasteiger partial charge < -0.3 is 4.74 Å². The molecular weight excluding hydrogens is 262 g/mol. The molecule has 6 heteroatoms. The highest BCUT2D eigenvalue weighted by atomic mass is 32.1. The molecule has 2 rings (SSSR count). The molecular formula is C13H15N3O2S. The average molecular weight is 277 g/mol. The molecule has 100 valence electrons. The fourth-order valence-electron chi connectivity index (χ4n) is 1.52. The molecule has 1 amide bonds. The van der Waals surface area contributed by atoms with E-state index in [4.69, 9.17) is 4.74 Å². The summed E-state index contributed by atoms with van der Waals surface area (Å²) < 4.78 is 5.65. The Labute approximate surface area is 115 Å². The summed E-state index contributed by atoms with van der Waals surface area (Å²) >= 11 is 1.34. The van der Waals surface area contributed by atoms with Crippen LogP contribution in [0.25, 0.3) is 0 Å². The van der Waals surface area contributed by atoms with Crippen molar-refractivity contribution >= 4 is 22.4 Å². The van der Waals surface area contributed by atoms with Gasteiger partial charge >= 0.3 is 0 Å². The summed E-state index contributed by atoms with van der Waals surface area (Å²) in [4.78, 5) is 12.1. The summed E-state index contributed by atoms with van der Waals surface area (Å²) in [5, 5.41) is 11.7. The van der Waals surface area contributed by atoms with Crippen molar-refractivity contribution in [1.82, 2.24) is 10.2 Å². The lowest BCUT2D eigenvalue weighted by atomic mass is 10.2. The van der Waals surface area contributed by atoms with Crippen molar-refractivity contribution in [3.8, 4) is 5.75 Å². The van der Waals surface area contributed by atoms with E-state index in [0.29, 0.717) is 17.3 Å². The van der Waals surface area contributed by atoms with Crippen LogP contribution in [0, 0.1) is 6.92 Å². The first-order chi connectivity index (χ1) is 9.19. The summed E-state index contributed by atoms with van der Waals surface area (Å²) in [7, 11) is 0. The molecule has 1 heterocycles. The van der Waals surface area contributed by atoms with Gasteiger partial charge in [-0.1, -0.05) is 36.5 Å². The molecule has 0 spiro atoms. The SMILES string of the molecule is CC[C@H](Oc1ccccc1)C(=O)Nc1nnc(C)s1. The van der Waals surface area contributed by atoms with Gasteiger partial charge in [-0.3, -0.25) is 10.1 Å². The molecule has 0 fully saturated rings. The number of anilines is 1. The van der Waals surface area contributed by atoms with Crippen molar-refractivity contribution in [2.24, 2.45) is 0 Å². The number of aromatic nitrogens is 2. The number of aryl methyl sites for hydroxylation is 1. The number of rotatable bonds is 5. The molecule has 0 aliphatic carbocycles. The van der Waals surface area contributed by atoms with Crippen LogP contribution in [0.3, 0.4) is 0 Å². The largest absolute Gasteiger partial charge is 0.481 e. The lowest BCUT2D eigenvalue weighted by Crippen LogP contribution is -2.32. The van der Waals surface area contributed by atoms with Crippen molar-refractivity contribution in [3.05, 3.63) is 35.3 Å². The summed E-state index contributed by atoms with van der Waals surface area (Å²) in [5.74, 6) is 0.473. The van der Waals surface area contributed by atoms with Gasteiger partial charge in [0.15, 0.2) is 6.10 Å². The Kier molecular flexibility index (Phi) is 4.46. The van der Waals surface area contributed by atoms with E-state index >= 15 is 0 Å². The Bertz CT molecular complexity index is 542. The number of hydrogen-bond donors (Lipinski definition) is 1. The van der Waals surface area contributed by atoms with Crippen molar-refractivity contribution in [2.75, 3.05) is 5.32 Å². The van der Waals surface area contributed by atoms with Crippen molar-refractivity contribution < 1.29 is 9.53 Å². The third kappa shape index (κ3) is 3.75. The van der Waals surface area contributed by atoms with Gasteiger partial charge in [-0.15, -0.1) is 10.2 Å². The highest BCUT2D eigenvalue weighted by Gasteiger charge is 2.19. The second-order valence-corrected chi connectivity index (χ2v) is 5.12. The van der Waals surface area contributed by atoms with Gasteiger partial charge in [0.2, 0.25) is 5.13 Å². The van der Waals surface area contributed by atoms with Gasteiger partial charge in [0.1, 0.15) is 10.8 Å². The molecule has 0 unspecified atom stereocenters. The first-order valence-corrected chi connectivity index (χ1v) is 6.83. The lowest BCUT2D eigenvalue weighted by molar-refractivity contribution is -0.122. The van der Waals surface area contributed by atoms with Crippen LogP contribution in [0.15, 0.2) is 30.3 Å². The van der Waals surface area contributed by atoms with Gasteiger partial charge in [0.05, 0.1) is 0 Å². The Balaban J connectivity index is 1.99. The van der Waals surface area contributed by atoms with Gasteiger partial charge in [0, 0.05) is 0 Å². The van der Waals surface area contributed by atoms with Crippen LogP contribution in [0.2, 0.25) is 0 Å². The van der Waals surface area contributed by atoms with E-state index in [9.17, 15) is 4.79 Å². The molecule has 5 nitrogen and oxygen atoms in total.